The van der Waals surface area contributed by atoms with Crippen molar-refractivity contribution in [2.45, 2.75) is 0 Å². The van der Waals surface area contributed by atoms with E-state index in [0.29, 0.717) is 11.2 Å². The monoisotopic (exact) mass is 149 g/mol. The number of aryl methyl sites for hydroxylation is 1. The predicted octanol–water partition coefficient (Wildman–Crippen LogP) is 0.327. The van der Waals surface area contributed by atoms with Crippen molar-refractivity contribution in [1.82, 2.24) is 9.55 Å². The smallest absolute Gasteiger partial charge is 0.406 e. The number of aromatic nitrogens is 2. The van der Waals surface area contributed by atoms with Crippen molar-refractivity contribution >= 4 is 11.2 Å². The SMILES string of the molecule is Cn1c(=O)oc2c[c]cnc21. The first-order valence-corrected chi connectivity index (χ1v) is 3.10. The molecule has 0 aliphatic carbocycles. The molecule has 1 radical (unpaired) electrons. The van der Waals surface area contributed by atoms with Crippen molar-refractivity contribution in [3.8, 4) is 0 Å². The van der Waals surface area contributed by atoms with E-state index in [-0.39, 0.29) is 0 Å². The standard InChI is InChI=1S/C7H5N2O2/c1-9-6-5(11-7(9)10)3-2-4-8-6/h3-4H,1H3. The Morgan fingerprint density at radius 3 is 3.27 bits per heavy atom. The molecule has 11 heavy (non-hydrogen) atoms. The van der Waals surface area contributed by atoms with Crippen LogP contribution in [0.15, 0.2) is 21.5 Å². The summed E-state index contributed by atoms with van der Waals surface area (Å²) in [5.74, 6) is -0.396. The number of hydrogen-bond donors (Lipinski definition) is 0. The maximum absolute atomic E-state index is 10.9. The summed E-state index contributed by atoms with van der Waals surface area (Å²) in [6.45, 7) is 0. The summed E-state index contributed by atoms with van der Waals surface area (Å²) < 4.78 is 6.16. The first kappa shape index (κ1) is 6.15. The lowest BCUT2D eigenvalue weighted by atomic mass is 10.5. The zero-order valence-electron chi connectivity index (χ0n) is 5.87. The van der Waals surface area contributed by atoms with Crippen molar-refractivity contribution < 1.29 is 4.42 Å². The van der Waals surface area contributed by atoms with Gasteiger partial charge in [-0.1, -0.05) is 0 Å². The van der Waals surface area contributed by atoms with Gasteiger partial charge in [0.2, 0.25) is 0 Å². The van der Waals surface area contributed by atoms with Gasteiger partial charge in [-0.3, -0.25) is 4.57 Å². The zero-order chi connectivity index (χ0) is 7.84. The normalized spacial score (nSPS) is 10.6. The number of rotatable bonds is 0. The largest absolute Gasteiger partial charge is 0.420 e. The predicted molar refractivity (Wildman–Crippen MR) is 38.1 cm³/mol. The number of nitrogens with zero attached hydrogens (tertiary/aromatic N) is 2. The van der Waals surface area contributed by atoms with Gasteiger partial charge in [0.05, 0.1) is 0 Å². The molecule has 0 atom stereocenters. The molecule has 4 heteroatoms. The molecule has 0 aromatic carbocycles. The summed E-state index contributed by atoms with van der Waals surface area (Å²) in [5.41, 5.74) is 1.02. The molecule has 0 unspecified atom stereocenters. The second-order valence-electron chi connectivity index (χ2n) is 2.18. The lowest BCUT2D eigenvalue weighted by molar-refractivity contribution is 0.528. The fraction of sp³-hybridized carbons (Fsp3) is 0.143. The van der Waals surface area contributed by atoms with Crippen LogP contribution < -0.4 is 5.76 Å². The topological polar surface area (TPSA) is 48.0 Å². The quantitative estimate of drug-likeness (QED) is 0.542. The number of fused-ring (bicyclic) bond motifs is 1. The van der Waals surface area contributed by atoms with Gasteiger partial charge in [-0.2, -0.15) is 0 Å². The Balaban J connectivity index is 3.04. The van der Waals surface area contributed by atoms with Crippen molar-refractivity contribution in [1.29, 1.82) is 0 Å². The third-order valence-corrected chi connectivity index (χ3v) is 1.49. The van der Waals surface area contributed by atoms with E-state index in [2.05, 4.69) is 11.1 Å². The van der Waals surface area contributed by atoms with E-state index in [1.165, 1.54) is 10.8 Å². The molecule has 4 nitrogen and oxygen atoms in total. The van der Waals surface area contributed by atoms with E-state index >= 15 is 0 Å². The Morgan fingerprint density at radius 2 is 2.55 bits per heavy atom. The van der Waals surface area contributed by atoms with Crippen LogP contribution in [-0.4, -0.2) is 9.55 Å². The van der Waals surface area contributed by atoms with Crippen LogP contribution in [0.3, 0.4) is 0 Å². The highest BCUT2D eigenvalue weighted by Gasteiger charge is 2.03. The van der Waals surface area contributed by atoms with Crippen LogP contribution in [0.4, 0.5) is 0 Å². The molecule has 0 fully saturated rings. The number of hydrogen-bond acceptors (Lipinski definition) is 3. The summed E-state index contributed by atoms with van der Waals surface area (Å²) >= 11 is 0. The minimum atomic E-state index is -0.396. The van der Waals surface area contributed by atoms with E-state index in [1.807, 2.05) is 0 Å². The van der Waals surface area contributed by atoms with Crippen LogP contribution >= 0.6 is 0 Å². The van der Waals surface area contributed by atoms with Gasteiger partial charge in [0.25, 0.3) is 0 Å². The zero-order valence-corrected chi connectivity index (χ0v) is 5.87. The third kappa shape index (κ3) is 0.756. The van der Waals surface area contributed by atoms with E-state index in [1.54, 1.807) is 13.1 Å². The minimum absolute atomic E-state index is 0.396. The van der Waals surface area contributed by atoms with Gasteiger partial charge in [-0.15, -0.1) is 0 Å². The maximum atomic E-state index is 10.9. The molecule has 2 heterocycles. The molecule has 2 aromatic heterocycles. The Bertz CT molecular complexity index is 441. The van der Waals surface area contributed by atoms with Crippen molar-refractivity contribution in [3.05, 3.63) is 28.9 Å². The highest BCUT2D eigenvalue weighted by Crippen LogP contribution is 2.05. The van der Waals surface area contributed by atoms with Crippen molar-refractivity contribution in [2.75, 3.05) is 0 Å². The first-order valence-electron chi connectivity index (χ1n) is 3.10. The summed E-state index contributed by atoms with van der Waals surface area (Å²) in [4.78, 5) is 14.8. The van der Waals surface area contributed by atoms with Crippen LogP contribution in [0.5, 0.6) is 0 Å². The molecular weight excluding hydrogens is 144 g/mol. The molecule has 0 aliphatic rings. The lowest BCUT2D eigenvalue weighted by Gasteiger charge is -1.85. The minimum Gasteiger partial charge on any atom is -0.406 e. The molecule has 0 aliphatic heterocycles. The van der Waals surface area contributed by atoms with Crippen LogP contribution in [0, 0.1) is 6.07 Å². The second kappa shape index (κ2) is 1.95. The van der Waals surface area contributed by atoms with Crippen LogP contribution in [0.25, 0.3) is 11.2 Å². The van der Waals surface area contributed by atoms with Gasteiger partial charge in [-0.25, -0.2) is 9.78 Å². The molecule has 0 saturated carbocycles. The molecule has 0 N–H and O–H groups in total. The van der Waals surface area contributed by atoms with E-state index in [0.717, 1.165) is 0 Å². The van der Waals surface area contributed by atoms with Gasteiger partial charge in [0.1, 0.15) is 0 Å². The molecule has 2 aromatic rings. The molecular formula is C7H5N2O2. The summed E-state index contributed by atoms with van der Waals surface area (Å²) in [5, 5.41) is 0. The van der Waals surface area contributed by atoms with Crippen molar-refractivity contribution in [3.63, 3.8) is 0 Å². The summed E-state index contributed by atoms with van der Waals surface area (Å²) in [6, 6.07) is 4.31. The Hall–Kier alpha value is -1.58. The number of pyridine rings is 1. The molecule has 0 bridgehead atoms. The van der Waals surface area contributed by atoms with Gasteiger partial charge in [0, 0.05) is 19.3 Å². The Labute approximate surface area is 62.1 Å². The molecule has 2 rings (SSSR count). The highest BCUT2D eigenvalue weighted by molar-refractivity contribution is 5.66. The van der Waals surface area contributed by atoms with Gasteiger partial charge in [0.15, 0.2) is 11.2 Å². The fourth-order valence-electron chi connectivity index (χ4n) is 0.916. The summed E-state index contributed by atoms with van der Waals surface area (Å²) in [7, 11) is 1.61. The van der Waals surface area contributed by atoms with Gasteiger partial charge in [-0.05, 0) is 6.07 Å². The van der Waals surface area contributed by atoms with Crippen LogP contribution in [0.1, 0.15) is 0 Å². The lowest BCUT2D eigenvalue weighted by Crippen LogP contribution is -2.08. The Kier molecular flexibility index (Phi) is 1.09. The summed E-state index contributed by atoms with van der Waals surface area (Å²) in [6.07, 6.45) is 1.50. The van der Waals surface area contributed by atoms with E-state index < -0.39 is 5.76 Å². The fourth-order valence-corrected chi connectivity index (χ4v) is 0.916. The molecule has 0 amide bonds. The molecule has 55 valence electrons. The third-order valence-electron chi connectivity index (χ3n) is 1.49. The Morgan fingerprint density at radius 1 is 1.73 bits per heavy atom. The van der Waals surface area contributed by atoms with Crippen LogP contribution in [-0.2, 0) is 7.05 Å². The van der Waals surface area contributed by atoms with E-state index in [9.17, 15) is 4.79 Å². The first-order chi connectivity index (χ1) is 5.29. The highest BCUT2D eigenvalue weighted by atomic mass is 16.4. The van der Waals surface area contributed by atoms with Crippen LogP contribution in [0.2, 0.25) is 0 Å². The van der Waals surface area contributed by atoms with Crippen molar-refractivity contribution in [2.24, 2.45) is 7.05 Å². The maximum Gasteiger partial charge on any atom is 0.420 e. The average Bonchev–Trinajstić information content (AvgIpc) is 2.30. The van der Waals surface area contributed by atoms with Gasteiger partial charge < -0.3 is 4.42 Å². The molecule has 0 spiro atoms. The number of oxazole rings is 1. The second-order valence-corrected chi connectivity index (χ2v) is 2.18. The van der Waals surface area contributed by atoms with E-state index in [4.69, 9.17) is 4.42 Å². The van der Waals surface area contributed by atoms with Gasteiger partial charge >= 0.3 is 5.76 Å². The average molecular weight is 149 g/mol. The molecule has 0 saturated heterocycles.